The molecular weight excluding hydrogens is 1210 g/mol. The van der Waals surface area contributed by atoms with Gasteiger partial charge < -0.3 is 65.1 Å². The van der Waals surface area contributed by atoms with Crippen LogP contribution in [0, 0.1) is 0 Å². The van der Waals surface area contributed by atoms with E-state index in [1.54, 1.807) is 0 Å². The van der Waals surface area contributed by atoms with E-state index >= 15 is 0 Å². The number of hydrogen-bond acceptors (Lipinski definition) is 13. The predicted octanol–water partition coefficient (Wildman–Crippen LogP) is 18.4. The monoisotopic (exact) mass is 1360 g/mol. The van der Waals surface area contributed by atoms with Crippen molar-refractivity contribution in [3.8, 4) is 0 Å². The van der Waals surface area contributed by atoms with Gasteiger partial charge in [-0.15, -0.1) is 0 Å². The van der Waals surface area contributed by atoms with Crippen molar-refractivity contribution >= 4 is 5.91 Å². The van der Waals surface area contributed by atoms with Gasteiger partial charge in [-0.1, -0.05) is 357 Å². The van der Waals surface area contributed by atoms with Crippen molar-refractivity contribution in [3.63, 3.8) is 0 Å². The van der Waals surface area contributed by atoms with Gasteiger partial charge in [0.2, 0.25) is 5.91 Å². The molecule has 1 amide bonds. The number of unbranched alkanes of at least 4 members (excludes halogenated alkanes) is 45. The Labute approximate surface area is 587 Å². The molecular formula is C82H151NO13. The van der Waals surface area contributed by atoms with Crippen LogP contribution in [0.4, 0.5) is 0 Å². The van der Waals surface area contributed by atoms with Gasteiger partial charge in [-0.3, -0.25) is 4.79 Å². The van der Waals surface area contributed by atoms with E-state index in [1.807, 2.05) is 0 Å². The Morgan fingerprint density at radius 3 is 1.10 bits per heavy atom. The summed E-state index contributed by atoms with van der Waals surface area (Å²) in [7, 11) is 0. The van der Waals surface area contributed by atoms with Crippen LogP contribution in [0.25, 0.3) is 0 Å². The van der Waals surface area contributed by atoms with Crippen LogP contribution in [0.2, 0.25) is 0 Å². The second-order valence-corrected chi connectivity index (χ2v) is 28.5. The van der Waals surface area contributed by atoms with Gasteiger partial charge in [0.25, 0.3) is 0 Å². The summed E-state index contributed by atoms with van der Waals surface area (Å²) in [6, 6.07) is -0.834. The molecule has 0 saturated carbocycles. The Kier molecular flexibility index (Phi) is 61.7. The lowest BCUT2D eigenvalue weighted by Crippen LogP contribution is -2.65. The highest BCUT2D eigenvalue weighted by Crippen LogP contribution is 2.30. The molecule has 0 aromatic carbocycles. The molecule has 2 rings (SSSR count). The first-order valence-corrected chi connectivity index (χ1v) is 40.5. The maximum absolute atomic E-state index is 13.4. The third-order valence-electron chi connectivity index (χ3n) is 19.7. The molecule has 0 aromatic heterocycles. The summed E-state index contributed by atoms with van der Waals surface area (Å²) in [5.74, 6) is -0.204. The second-order valence-electron chi connectivity index (χ2n) is 28.5. The molecule has 0 spiro atoms. The minimum absolute atomic E-state index is 0.204. The second kappa shape index (κ2) is 66.0. The molecule has 2 aliphatic heterocycles. The van der Waals surface area contributed by atoms with Crippen LogP contribution in [-0.4, -0.2) is 140 Å². The molecule has 14 nitrogen and oxygen atoms in total. The third-order valence-corrected chi connectivity index (χ3v) is 19.7. The van der Waals surface area contributed by atoms with Crippen molar-refractivity contribution in [2.24, 2.45) is 0 Å². The number of rotatable bonds is 68. The van der Waals surface area contributed by atoms with Gasteiger partial charge >= 0.3 is 0 Å². The van der Waals surface area contributed by atoms with Crippen LogP contribution in [-0.2, 0) is 23.7 Å². The summed E-state index contributed by atoms with van der Waals surface area (Å²) in [5.41, 5.74) is 0. The SMILES string of the molecule is CC/C=C\C/C=C\C/C=C\C/C=C\C/C=C\CCCCCCCCCCCCCCCC(=O)NC(COC1OC(CO)C(OC2OC(CO)C(O)C(O)C2O)C(O)C1O)C(O)CCCCCCCCCCCCCCCCCCCCCCCCCCCCCCCCCCC. The van der Waals surface area contributed by atoms with E-state index in [0.717, 1.165) is 83.5 Å². The molecule has 9 N–H and O–H groups in total. The first kappa shape index (κ1) is 89.8. The van der Waals surface area contributed by atoms with E-state index in [-0.39, 0.29) is 12.5 Å². The minimum Gasteiger partial charge on any atom is -0.394 e. The quantitative estimate of drug-likeness (QED) is 0.0204. The van der Waals surface area contributed by atoms with Gasteiger partial charge in [0.05, 0.1) is 32.0 Å². The van der Waals surface area contributed by atoms with Gasteiger partial charge in [0.15, 0.2) is 12.6 Å². The molecule has 12 atom stereocenters. The van der Waals surface area contributed by atoms with Crippen molar-refractivity contribution in [1.29, 1.82) is 0 Å². The summed E-state index contributed by atoms with van der Waals surface area (Å²) in [4.78, 5) is 13.4. The highest BCUT2D eigenvalue weighted by atomic mass is 16.7. The van der Waals surface area contributed by atoms with E-state index < -0.39 is 86.8 Å². The Morgan fingerprint density at radius 1 is 0.385 bits per heavy atom. The van der Waals surface area contributed by atoms with E-state index in [2.05, 4.69) is 79.9 Å². The lowest BCUT2D eigenvalue weighted by molar-refractivity contribution is -0.359. The zero-order valence-electron chi connectivity index (χ0n) is 61.6. The van der Waals surface area contributed by atoms with E-state index in [1.165, 1.54) is 250 Å². The molecule has 2 fully saturated rings. The van der Waals surface area contributed by atoms with Crippen LogP contribution in [0.1, 0.15) is 361 Å². The van der Waals surface area contributed by atoms with Crippen LogP contribution < -0.4 is 5.32 Å². The molecule has 2 aliphatic rings. The summed E-state index contributed by atoms with van der Waals surface area (Å²) in [5, 5.41) is 87.9. The molecule has 0 radical (unpaired) electrons. The van der Waals surface area contributed by atoms with Crippen molar-refractivity contribution in [2.75, 3.05) is 19.8 Å². The number of carbonyl (C=O) groups is 1. The fourth-order valence-electron chi connectivity index (χ4n) is 13.4. The fraction of sp³-hybridized carbons (Fsp3) is 0.866. The number of aliphatic hydroxyl groups is 8. The summed E-state index contributed by atoms with van der Waals surface area (Å²) in [6.45, 7) is 2.80. The Balaban J connectivity index is 1.60. The number of ether oxygens (including phenoxy) is 4. The lowest BCUT2D eigenvalue weighted by atomic mass is 9.97. The smallest absolute Gasteiger partial charge is 0.220 e. The molecule has 96 heavy (non-hydrogen) atoms. The first-order chi connectivity index (χ1) is 47.1. The van der Waals surface area contributed by atoms with Gasteiger partial charge in [-0.2, -0.15) is 0 Å². The predicted molar refractivity (Wildman–Crippen MR) is 397 cm³/mol. The number of hydrogen-bond donors (Lipinski definition) is 9. The fourth-order valence-corrected chi connectivity index (χ4v) is 13.4. The standard InChI is InChI=1S/C82H151NO13/c1-3-5-7-9-11-13-15-17-19-21-23-25-27-29-31-33-34-35-36-38-39-41-43-45-47-49-51-53-55-57-59-61-63-65-71(86)70(69-93-81-79(92)77(90)80(73(68-85)95-81)96-82-78(91)76(89)75(88)72(67-84)94-82)83-74(87)66-64-62-60-58-56-54-52-50-48-46-44-42-40-37-32-30-28-26-24-22-20-18-16-14-12-10-8-6-4-2/h6,8,12,14,18,20,24,26,30,32,70-73,75-82,84-86,88-92H,3-5,7,9-11,13,15-17,19,21-23,25,27-29,31,33-69H2,1-2H3,(H,83,87)/b8-6-,14-12-,20-18-,26-24-,32-30-. The average Bonchev–Trinajstić information content (AvgIpc) is 0.854. The van der Waals surface area contributed by atoms with Crippen LogP contribution in [0.15, 0.2) is 60.8 Å². The summed E-state index contributed by atoms with van der Waals surface area (Å²) >= 11 is 0. The number of carbonyl (C=O) groups excluding carboxylic acids is 1. The number of nitrogens with one attached hydrogen (secondary N) is 1. The molecule has 0 aliphatic carbocycles. The largest absolute Gasteiger partial charge is 0.394 e. The molecule has 14 heteroatoms. The molecule has 12 unspecified atom stereocenters. The minimum atomic E-state index is -1.79. The first-order valence-electron chi connectivity index (χ1n) is 40.5. The van der Waals surface area contributed by atoms with Crippen LogP contribution in [0.5, 0.6) is 0 Å². The van der Waals surface area contributed by atoms with E-state index in [4.69, 9.17) is 18.9 Å². The van der Waals surface area contributed by atoms with E-state index in [9.17, 15) is 45.6 Å². The maximum atomic E-state index is 13.4. The van der Waals surface area contributed by atoms with Crippen molar-refractivity contribution in [3.05, 3.63) is 60.8 Å². The Morgan fingerprint density at radius 2 is 0.719 bits per heavy atom. The highest BCUT2D eigenvalue weighted by Gasteiger charge is 2.51. The van der Waals surface area contributed by atoms with Crippen molar-refractivity contribution in [1.82, 2.24) is 5.32 Å². The summed E-state index contributed by atoms with van der Waals surface area (Å²) < 4.78 is 23.0. The van der Waals surface area contributed by atoms with Crippen molar-refractivity contribution in [2.45, 2.75) is 434 Å². The summed E-state index contributed by atoms with van der Waals surface area (Å²) in [6.07, 6.45) is 72.6. The molecule has 562 valence electrons. The number of aliphatic hydroxyl groups excluding tert-OH is 8. The Hall–Kier alpha value is -2.31. The Bertz CT molecular complexity index is 1840. The highest BCUT2D eigenvalue weighted by molar-refractivity contribution is 5.76. The molecule has 2 saturated heterocycles. The van der Waals surface area contributed by atoms with Gasteiger partial charge in [-0.25, -0.2) is 0 Å². The zero-order valence-corrected chi connectivity index (χ0v) is 61.6. The lowest BCUT2D eigenvalue weighted by Gasteiger charge is -2.46. The third kappa shape index (κ3) is 48.5. The van der Waals surface area contributed by atoms with Crippen LogP contribution in [0.3, 0.4) is 0 Å². The van der Waals surface area contributed by atoms with Gasteiger partial charge in [0, 0.05) is 6.42 Å². The molecule has 0 aromatic rings. The maximum Gasteiger partial charge on any atom is 0.220 e. The molecule has 0 bridgehead atoms. The normalized spacial score (nSPS) is 22.5. The van der Waals surface area contributed by atoms with Crippen molar-refractivity contribution < 1.29 is 64.6 Å². The van der Waals surface area contributed by atoms with E-state index in [0.29, 0.717) is 12.8 Å². The molecule has 2 heterocycles. The topological polar surface area (TPSA) is 228 Å². The number of allylic oxidation sites excluding steroid dienone is 10. The van der Waals surface area contributed by atoms with Gasteiger partial charge in [0.1, 0.15) is 48.8 Å². The number of amides is 1. The zero-order chi connectivity index (χ0) is 69.4. The average molecular weight is 1360 g/mol. The van der Waals surface area contributed by atoms with Gasteiger partial charge in [-0.05, 0) is 57.8 Å². The van der Waals surface area contributed by atoms with Crippen LogP contribution >= 0.6 is 0 Å².